The lowest BCUT2D eigenvalue weighted by molar-refractivity contribution is 0.184. The average Bonchev–Trinajstić information content (AvgIpc) is 2.38. The number of hydrogen-bond donors (Lipinski definition) is 0. The maximum Gasteiger partial charge on any atom is 0.00217 e. The van der Waals surface area contributed by atoms with Crippen molar-refractivity contribution < 1.29 is 0 Å². The van der Waals surface area contributed by atoms with Crippen LogP contribution < -0.4 is 0 Å². The molecule has 16 heavy (non-hydrogen) atoms. The van der Waals surface area contributed by atoms with Gasteiger partial charge in [-0.05, 0) is 51.1 Å². The summed E-state index contributed by atoms with van der Waals surface area (Å²) in [5.74, 6) is 1.00. The predicted octanol–water partition coefficient (Wildman–Crippen LogP) is 3.77. The van der Waals surface area contributed by atoms with Crippen LogP contribution in [0.25, 0.3) is 0 Å². The van der Waals surface area contributed by atoms with Crippen LogP contribution in [0.15, 0.2) is 23.8 Å². The highest BCUT2D eigenvalue weighted by molar-refractivity contribution is 5.22. The van der Waals surface area contributed by atoms with Gasteiger partial charge in [0.1, 0.15) is 0 Å². The molecule has 2 rings (SSSR count). The first-order chi connectivity index (χ1) is 7.88. The van der Waals surface area contributed by atoms with Gasteiger partial charge in [-0.25, -0.2) is 0 Å². The van der Waals surface area contributed by atoms with Crippen molar-refractivity contribution >= 4 is 0 Å². The molecule has 1 aliphatic carbocycles. The first-order valence-electron chi connectivity index (χ1n) is 6.96. The summed E-state index contributed by atoms with van der Waals surface area (Å²) in [6, 6.07) is 0. The Morgan fingerprint density at radius 2 is 2.06 bits per heavy atom. The van der Waals surface area contributed by atoms with Crippen LogP contribution >= 0.6 is 0 Å². The minimum atomic E-state index is 1.00. The molecule has 0 radical (unpaired) electrons. The van der Waals surface area contributed by atoms with Gasteiger partial charge in [0.25, 0.3) is 0 Å². The van der Waals surface area contributed by atoms with E-state index in [9.17, 15) is 0 Å². The van der Waals surface area contributed by atoms with Crippen molar-refractivity contribution in [3.05, 3.63) is 23.8 Å². The van der Waals surface area contributed by atoms with Crippen LogP contribution in [0.4, 0.5) is 0 Å². The van der Waals surface area contributed by atoms with Crippen molar-refractivity contribution in [3.63, 3.8) is 0 Å². The molecule has 1 heteroatoms. The van der Waals surface area contributed by atoms with E-state index in [1.54, 1.807) is 5.57 Å². The second-order valence-electron chi connectivity index (χ2n) is 5.20. The number of likely N-dealkylation sites (tertiary alicyclic amines) is 1. The Morgan fingerprint density at radius 3 is 2.69 bits per heavy atom. The third-order valence-electron chi connectivity index (χ3n) is 4.07. The van der Waals surface area contributed by atoms with Crippen LogP contribution in [-0.4, -0.2) is 24.5 Å². The number of allylic oxidation sites excluding steroid dienone is 3. The van der Waals surface area contributed by atoms with E-state index >= 15 is 0 Å². The number of piperidine rings is 1. The van der Waals surface area contributed by atoms with Gasteiger partial charge in [-0.15, -0.1) is 0 Å². The summed E-state index contributed by atoms with van der Waals surface area (Å²) in [7, 11) is 0. The molecule has 1 nitrogen and oxygen atoms in total. The zero-order valence-corrected chi connectivity index (χ0v) is 10.6. The van der Waals surface area contributed by atoms with Gasteiger partial charge in [0.05, 0.1) is 0 Å². The molecule has 2 aliphatic rings. The summed E-state index contributed by atoms with van der Waals surface area (Å²) in [5, 5.41) is 0. The standard InChI is InChI=1S/C15H25N/c1-2-14-8-11-16(12-9-14)13-10-15-6-4-3-5-7-15/h4,6-7,14H,2-3,5,8-13H2,1H3. The van der Waals surface area contributed by atoms with Crippen LogP contribution in [0.1, 0.15) is 45.4 Å². The largest absolute Gasteiger partial charge is 0.303 e. The summed E-state index contributed by atoms with van der Waals surface area (Å²) in [6.07, 6.45) is 15.0. The molecule has 1 saturated heterocycles. The van der Waals surface area contributed by atoms with Crippen molar-refractivity contribution in [2.24, 2.45) is 5.92 Å². The quantitative estimate of drug-likeness (QED) is 0.695. The van der Waals surface area contributed by atoms with Gasteiger partial charge in [0.2, 0.25) is 0 Å². The third-order valence-corrected chi connectivity index (χ3v) is 4.07. The average molecular weight is 219 g/mol. The smallest absolute Gasteiger partial charge is 0.00217 e. The van der Waals surface area contributed by atoms with E-state index in [2.05, 4.69) is 30.1 Å². The van der Waals surface area contributed by atoms with Crippen LogP contribution in [0.2, 0.25) is 0 Å². The predicted molar refractivity (Wildman–Crippen MR) is 70.5 cm³/mol. The molecule has 0 aromatic heterocycles. The highest BCUT2D eigenvalue weighted by atomic mass is 15.1. The zero-order chi connectivity index (χ0) is 11.2. The molecule has 90 valence electrons. The maximum absolute atomic E-state index is 2.65. The van der Waals surface area contributed by atoms with Crippen LogP contribution in [0, 0.1) is 5.92 Å². The Hall–Kier alpha value is -0.560. The van der Waals surface area contributed by atoms with Crippen molar-refractivity contribution in [2.45, 2.75) is 45.4 Å². The lowest BCUT2D eigenvalue weighted by atomic mass is 9.94. The summed E-state index contributed by atoms with van der Waals surface area (Å²) in [4.78, 5) is 2.65. The molecule has 0 saturated carbocycles. The first kappa shape index (κ1) is 11.9. The van der Waals surface area contributed by atoms with E-state index < -0.39 is 0 Å². The molecule has 0 atom stereocenters. The summed E-state index contributed by atoms with van der Waals surface area (Å²) < 4.78 is 0. The van der Waals surface area contributed by atoms with E-state index in [0.717, 1.165) is 5.92 Å². The molecule has 0 amide bonds. The Labute approximate surface area is 100 Å². The van der Waals surface area contributed by atoms with Gasteiger partial charge in [-0.3, -0.25) is 0 Å². The van der Waals surface area contributed by atoms with Gasteiger partial charge < -0.3 is 4.90 Å². The zero-order valence-electron chi connectivity index (χ0n) is 10.6. The molecule has 0 N–H and O–H groups in total. The Balaban J connectivity index is 1.67. The van der Waals surface area contributed by atoms with Crippen molar-refractivity contribution in [2.75, 3.05) is 19.6 Å². The summed E-state index contributed by atoms with van der Waals surface area (Å²) >= 11 is 0. The maximum atomic E-state index is 2.65. The van der Waals surface area contributed by atoms with Crippen LogP contribution in [0.3, 0.4) is 0 Å². The van der Waals surface area contributed by atoms with E-state index in [1.807, 2.05) is 0 Å². The molecule has 0 unspecified atom stereocenters. The Bertz CT molecular complexity index is 257. The lowest BCUT2D eigenvalue weighted by Gasteiger charge is -2.31. The summed E-state index contributed by atoms with van der Waals surface area (Å²) in [5.41, 5.74) is 1.56. The van der Waals surface area contributed by atoms with Gasteiger partial charge in [0.15, 0.2) is 0 Å². The number of nitrogens with zero attached hydrogens (tertiary/aromatic N) is 1. The fourth-order valence-corrected chi connectivity index (χ4v) is 2.76. The highest BCUT2D eigenvalue weighted by Gasteiger charge is 2.17. The van der Waals surface area contributed by atoms with Crippen molar-refractivity contribution in [1.29, 1.82) is 0 Å². The SMILES string of the molecule is CCC1CCN(CCC2=CCCC=C2)CC1. The van der Waals surface area contributed by atoms with Gasteiger partial charge in [0, 0.05) is 6.54 Å². The second-order valence-corrected chi connectivity index (χ2v) is 5.20. The van der Waals surface area contributed by atoms with E-state index in [1.165, 1.54) is 58.2 Å². The molecule has 1 fully saturated rings. The Kier molecular flexibility index (Phi) is 4.65. The summed E-state index contributed by atoms with van der Waals surface area (Å²) in [6.45, 7) is 6.26. The van der Waals surface area contributed by atoms with Crippen molar-refractivity contribution in [1.82, 2.24) is 4.90 Å². The second kappa shape index (κ2) is 6.24. The lowest BCUT2D eigenvalue weighted by Crippen LogP contribution is -2.34. The highest BCUT2D eigenvalue weighted by Crippen LogP contribution is 2.21. The minimum absolute atomic E-state index is 1.00. The van der Waals surface area contributed by atoms with Gasteiger partial charge in [-0.1, -0.05) is 37.1 Å². The molecule has 0 aromatic rings. The molecule has 0 spiro atoms. The molecule has 1 aliphatic heterocycles. The topological polar surface area (TPSA) is 3.24 Å². The molecule has 1 heterocycles. The van der Waals surface area contributed by atoms with Crippen LogP contribution in [0.5, 0.6) is 0 Å². The Morgan fingerprint density at radius 1 is 1.25 bits per heavy atom. The monoisotopic (exact) mass is 219 g/mol. The molecule has 0 aromatic carbocycles. The minimum Gasteiger partial charge on any atom is -0.303 e. The number of hydrogen-bond acceptors (Lipinski definition) is 1. The van der Waals surface area contributed by atoms with Crippen molar-refractivity contribution in [3.8, 4) is 0 Å². The fourth-order valence-electron chi connectivity index (χ4n) is 2.76. The molecule has 0 bridgehead atoms. The first-order valence-corrected chi connectivity index (χ1v) is 6.96. The van der Waals surface area contributed by atoms with Gasteiger partial charge in [-0.2, -0.15) is 0 Å². The molecular weight excluding hydrogens is 194 g/mol. The number of rotatable bonds is 4. The van der Waals surface area contributed by atoms with E-state index in [4.69, 9.17) is 0 Å². The van der Waals surface area contributed by atoms with E-state index in [-0.39, 0.29) is 0 Å². The third kappa shape index (κ3) is 3.48. The molecular formula is C15H25N. The normalized spacial score (nSPS) is 23.4. The van der Waals surface area contributed by atoms with E-state index in [0.29, 0.717) is 0 Å². The van der Waals surface area contributed by atoms with Gasteiger partial charge >= 0.3 is 0 Å². The van der Waals surface area contributed by atoms with Crippen LogP contribution in [-0.2, 0) is 0 Å². The fraction of sp³-hybridized carbons (Fsp3) is 0.733.